The average molecular weight is 544 g/mol. The largest absolute Gasteiger partial charge is 0.355 e. The first-order valence-electron chi connectivity index (χ1n) is 11.7. The highest BCUT2D eigenvalue weighted by Crippen LogP contribution is 2.28. The molecule has 0 spiro atoms. The molecule has 1 aliphatic heterocycles. The molecule has 3 N–H and O–H groups in total. The number of anilines is 4. The molecule has 5 rings (SSSR count). The molecule has 0 saturated carbocycles. The van der Waals surface area contributed by atoms with Crippen LogP contribution in [0.15, 0.2) is 77.5 Å². The third-order valence-corrected chi connectivity index (χ3v) is 6.64. The van der Waals surface area contributed by atoms with Gasteiger partial charge in [-0.3, -0.25) is 14.7 Å². The maximum absolute atomic E-state index is 12.2. The fraction of sp³-hybridized carbons (Fsp3) is 0.185. The quantitative estimate of drug-likeness (QED) is 0.300. The SMILES string of the molecule is CNC(=O)c1ccccc1Nc1nc(Nc2ccc3c(c2)CCN(Cc2ccccn2)C3)ncc1Br. The zero-order valence-corrected chi connectivity index (χ0v) is 21.4. The van der Waals surface area contributed by atoms with Crippen molar-refractivity contribution >= 4 is 45.0 Å². The number of rotatable bonds is 7. The van der Waals surface area contributed by atoms with E-state index >= 15 is 0 Å². The zero-order chi connectivity index (χ0) is 24.9. The summed E-state index contributed by atoms with van der Waals surface area (Å²) in [6.45, 7) is 2.74. The molecule has 0 fully saturated rings. The van der Waals surface area contributed by atoms with E-state index in [1.54, 1.807) is 19.3 Å². The van der Waals surface area contributed by atoms with Crippen molar-refractivity contribution in [1.29, 1.82) is 0 Å². The second kappa shape index (κ2) is 10.8. The minimum atomic E-state index is -0.172. The Morgan fingerprint density at radius 3 is 2.72 bits per heavy atom. The number of para-hydroxylation sites is 1. The van der Waals surface area contributed by atoms with Gasteiger partial charge in [0.25, 0.3) is 5.91 Å². The topological polar surface area (TPSA) is 95.1 Å². The molecule has 0 atom stereocenters. The Morgan fingerprint density at radius 2 is 1.89 bits per heavy atom. The van der Waals surface area contributed by atoms with Crippen molar-refractivity contribution in [2.24, 2.45) is 0 Å². The third kappa shape index (κ3) is 5.53. The van der Waals surface area contributed by atoms with Crippen molar-refractivity contribution in [3.8, 4) is 0 Å². The third-order valence-electron chi connectivity index (χ3n) is 6.06. The van der Waals surface area contributed by atoms with Crippen LogP contribution in [0.1, 0.15) is 27.2 Å². The Balaban J connectivity index is 1.29. The minimum absolute atomic E-state index is 0.172. The van der Waals surface area contributed by atoms with Gasteiger partial charge in [-0.15, -0.1) is 0 Å². The smallest absolute Gasteiger partial charge is 0.253 e. The van der Waals surface area contributed by atoms with Crippen LogP contribution in [0.3, 0.4) is 0 Å². The highest BCUT2D eigenvalue weighted by molar-refractivity contribution is 9.10. The summed E-state index contributed by atoms with van der Waals surface area (Å²) in [6, 6.07) is 19.7. The van der Waals surface area contributed by atoms with Gasteiger partial charge in [-0.1, -0.05) is 24.3 Å². The van der Waals surface area contributed by atoms with E-state index in [0.29, 0.717) is 27.5 Å². The molecule has 0 unspecified atom stereocenters. The number of benzene rings is 2. The standard InChI is InChI=1S/C27H26BrN7O/c1-29-26(36)22-7-2-3-8-24(22)33-25-23(28)15-31-27(34-25)32-20-10-9-19-16-35(13-11-18(19)14-20)17-21-6-4-5-12-30-21/h2-10,12,14-15H,11,13,16-17H2,1H3,(H,29,36)(H2,31,32,33,34). The van der Waals surface area contributed by atoms with Crippen LogP contribution in [0, 0.1) is 0 Å². The highest BCUT2D eigenvalue weighted by atomic mass is 79.9. The van der Waals surface area contributed by atoms with Gasteiger partial charge in [0.1, 0.15) is 5.82 Å². The van der Waals surface area contributed by atoms with E-state index in [1.807, 2.05) is 36.5 Å². The molecule has 9 heteroatoms. The molecule has 3 heterocycles. The predicted molar refractivity (Wildman–Crippen MR) is 145 cm³/mol. The fourth-order valence-electron chi connectivity index (χ4n) is 4.24. The number of halogens is 1. The van der Waals surface area contributed by atoms with E-state index in [1.165, 1.54) is 11.1 Å². The van der Waals surface area contributed by atoms with Crippen molar-refractivity contribution in [3.05, 3.63) is 99.9 Å². The maximum atomic E-state index is 12.2. The van der Waals surface area contributed by atoms with E-state index in [2.05, 4.69) is 76.0 Å². The molecule has 1 aliphatic rings. The predicted octanol–water partition coefficient (Wildman–Crippen LogP) is 5.04. The van der Waals surface area contributed by atoms with Crippen LogP contribution >= 0.6 is 15.9 Å². The molecule has 4 aromatic rings. The molecule has 8 nitrogen and oxygen atoms in total. The minimum Gasteiger partial charge on any atom is -0.355 e. The summed E-state index contributed by atoms with van der Waals surface area (Å²) in [5.74, 6) is 0.854. The van der Waals surface area contributed by atoms with Crippen LogP contribution < -0.4 is 16.0 Å². The molecule has 2 aromatic carbocycles. The van der Waals surface area contributed by atoms with Crippen LogP contribution in [0.25, 0.3) is 0 Å². The molecule has 182 valence electrons. The van der Waals surface area contributed by atoms with E-state index in [-0.39, 0.29) is 5.91 Å². The summed E-state index contributed by atoms with van der Waals surface area (Å²) in [5, 5.41) is 9.23. The lowest BCUT2D eigenvalue weighted by Gasteiger charge is -2.28. The summed E-state index contributed by atoms with van der Waals surface area (Å²) in [5.41, 5.74) is 5.87. The van der Waals surface area contributed by atoms with Gasteiger partial charge in [0.05, 0.1) is 21.4 Å². The van der Waals surface area contributed by atoms with Gasteiger partial charge in [0, 0.05) is 44.8 Å². The number of carbonyl (C=O) groups is 1. The van der Waals surface area contributed by atoms with E-state index in [9.17, 15) is 4.79 Å². The number of amides is 1. The molecule has 0 aliphatic carbocycles. The maximum Gasteiger partial charge on any atom is 0.253 e. The van der Waals surface area contributed by atoms with Crippen LogP contribution in [0.5, 0.6) is 0 Å². The Hall–Kier alpha value is -3.82. The molecule has 2 aromatic heterocycles. The molecule has 0 radical (unpaired) electrons. The van der Waals surface area contributed by atoms with Gasteiger partial charge >= 0.3 is 0 Å². The number of hydrogen-bond acceptors (Lipinski definition) is 7. The highest BCUT2D eigenvalue weighted by Gasteiger charge is 2.18. The summed E-state index contributed by atoms with van der Waals surface area (Å²) in [6.07, 6.45) is 4.51. The van der Waals surface area contributed by atoms with Crippen LogP contribution in [-0.2, 0) is 19.5 Å². The first-order valence-corrected chi connectivity index (χ1v) is 12.5. The van der Waals surface area contributed by atoms with E-state index in [0.717, 1.165) is 37.4 Å². The van der Waals surface area contributed by atoms with Gasteiger partial charge in [-0.2, -0.15) is 4.98 Å². The van der Waals surface area contributed by atoms with E-state index in [4.69, 9.17) is 0 Å². The van der Waals surface area contributed by atoms with Gasteiger partial charge in [0.15, 0.2) is 0 Å². The average Bonchev–Trinajstić information content (AvgIpc) is 2.91. The Labute approximate surface area is 218 Å². The second-order valence-corrected chi connectivity index (χ2v) is 9.38. The van der Waals surface area contributed by atoms with E-state index < -0.39 is 0 Å². The lowest BCUT2D eigenvalue weighted by atomic mass is 9.99. The number of carbonyl (C=O) groups excluding carboxylic acids is 1. The van der Waals surface area contributed by atoms with Crippen molar-refractivity contribution in [2.45, 2.75) is 19.5 Å². The van der Waals surface area contributed by atoms with Crippen molar-refractivity contribution in [1.82, 2.24) is 25.2 Å². The summed E-state index contributed by atoms with van der Waals surface area (Å²) in [7, 11) is 1.61. The van der Waals surface area contributed by atoms with Crippen LogP contribution in [0.2, 0.25) is 0 Å². The lowest BCUT2D eigenvalue weighted by molar-refractivity contribution is 0.0964. The van der Waals surface area contributed by atoms with Crippen LogP contribution in [-0.4, -0.2) is 39.4 Å². The molecule has 1 amide bonds. The summed E-state index contributed by atoms with van der Waals surface area (Å²) >= 11 is 3.51. The van der Waals surface area contributed by atoms with Crippen molar-refractivity contribution in [3.63, 3.8) is 0 Å². The first-order chi connectivity index (χ1) is 17.6. The Kier molecular flexibility index (Phi) is 7.20. The number of fused-ring (bicyclic) bond motifs is 1. The molecule has 0 bridgehead atoms. The first kappa shape index (κ1) is 23.9. The van der Waals surface area contributed by atoms with Crippen LogP contribution in [0.4, 0.5) is 23.1 Å². The molecule has 0 saturated heterocycles. The van der Waals surface area contributed by atoms with Crippen molar-refractivity contribution in [2.75, 3.05) is 24.2 Å². The lowest BCUT2D eigenvalue weighted by Crippen LogP contribution is -2.30. The Bertz CT molecular complexity index is 1380. The Morgan fingerprint density at radius 1 is 1.03 bits per heavy atom. The number of pyridine rings is 1. The number of nitrogens with zero attached hydrogens (tertiary/aromatic N) is 4. The molecular weight excluding hydrogens is 518 g/mol. The summed E-state index contributed by atoms with van der Waals surface area (Å²) < 4.78 is 0.693. The normalized spacial score (nSPS) is 13.1. The van der Waals surface area contributed by atoms with Gasteiger partial charge in [-0.25, -0.2) is 4.98 Å². The second-order valence-electron chi connectivity index (χ2n) is 8.53. The zero-order valence-electron chi connectivity index (χ0n) is 19.8. The fourth-order valence-corrected chi connectivity index (χ4v) is 4.53. The van der Waals surface area contributed by atoms with Gasteiger partial charge < -0.3 is 16.0 Å². The van der Waals surface area contributed by atoms with Gasteiger partial charge in [-0.05, 0) is 69.9 Å². The molecular formula is C27H26BrN7O. The monoisotopic (exact) mass is 543 g/mol. The number of nitrogens with one attached hydrogen (secondary N) is 3. The summed E-state index contributed by atoms with van der Waals surface area (Å²) in [4.78, 5) is 28.2. The van der Waals surface area contributed by atoms with Crippen molar-refractivity contribution < 1.29 is 4.79 Å². The molecule has 36 heavy (non-hydrogen) atoms. The number of aromatic nitrogens is 3. The van der Waals surface area contributed by atoms with Gasteiger partial charge in [0.2, 0.25) is 5.95 Å². The number of hydrogen-bond donors (Lipinski definition) is 3.